The molecule has 0 atom stereocenters. The second kappa shape index (κ2) is 6.95. The fraction of sp³-hybridized carbons (Fsp3) is 0.333. The minimum Gasteiger partial charge on any atom is -0.484 e. The van der Waals surface area contributed by atoms with Gasteiger partial charge >= 0.3 is 0 Å². The molecule has 6 heteroatoms. The number of nitrogens with zero attached hydrogens (tertiary/aromatic N) is 1. The Kier molecular flexibility index (Phi) is 4.48. The fourth-order valence-electron chi connectivity index (χ4n) is 3.78. The second-order valence-electron chi connectivity index (χ2n) is 7.14. The minimum atomic E-state index is -0.491. The zero-order valence-corrected chi connectivity index (χ0v) is 15.3. The summed E-state index contributed by atoms with van der Waals surface area (Å²) in [6.45, 7) is 3.11. The number of fused-ring (bicyclic) bond motifs is 1. The Balaban J connectivity index is 1.37. The zero-order chi connectivity index (χ0) is 18.9. The molecular weight excluding hydrogens is 342 g/mol. The number of nitrogens with one attached hydrogen (secondary N) is 2. The number of amides is 2. The van der Waals surface area contributed by atoms with Gasteiger partial charge in [-0.05, 0) is 30.7 Å². The van der Waals surface area contributed by atoms with Gasteiger partial charge in [0.05, 0.1) is 5.56 Å². The number of anilines is 1. The van der Waals surface area contributed by atoms with E-state index in [0.717, 1.165) is 11.3 Å². The quantitative estimate of drug-likeness (QED) is 0.877. The van der Waals surface area contributed by atoms with Crippen LogP contribution >= 0.6 is 0 Å². The van der Waals surface area contributed by atoms with Gasteiger partial charge in [-0.3, -0.25) is 9.59 Å². The Morgan fingerprint density at radius 1 is 1.07 bits per heavy atom. The summed E-state index contributed by atoms with van der Waals surface area (Å²) in [6.07, 6.45) is 1.31. The van der Waals surface area contributed by atoms with Crippen LogP contribution in [-0.2, 0) is 4.79 Å². The first-order valence-electron chi connectivity index (χ1n) is 9.22. The van der Waals surface area contributed by atoms with Crippen LogP contribution in [0.5, 0.6) is 5.75 Å². The second-order valence-corrected chi connectivity index (χ2v) is 7.14. The van der Waals surface area contributed by atoms with E-state index in [2.05, 4.69) is 10.6 Å². The van der Waals surface area contributed by atoms with Gasteiger partial charge in [0.2, 0.25) is 0 Å². The van der Waals surface area contributed by atoms with E-state index in [1.807, 2.05) is 55.5 Å². The molecule has 1 saturated heterocycles. The van der Waals surface area contributed by atoms with Gasteiger partial charge in [-0.1, -0.05) is 30.3 Å². The standard InChI is InChI=1S/C21H23N3O3/c1-15-6-5-9-17-19(15)20(26)23-21(22-17)10-12-24(13-11-21)18(25)14-27-16-7-3-2-4-8-16/h2-9,22H,10-14H2,1H3,(H,23,26). The SMILES string of the molecule is Cc1cccc2c1C(=O)NC1(CCN(C(=O)COc3ccccc3)CC1)N2. The summed E-state index contributed by atoms with van der Waals surface area (Å²) in [4.78, 5) is 26.8. The van der Waals surface area contributed by atoms with Gasteiger partial charge in [0, 0.05) is 31.6 Å². The van der Waals surface area contributed by atoms with E-state index in [1.165, 1.54) is 0 Å². The molecular formula is C21H23N3O3. The third-order valence-corrected chi connectivity index (χ3v) is 5.30. The largest absolute Gasteiger partial charge is 0.484 e. The number of likely N-dealkylation sites (tertiary alicyclic amines) is 1. The van der Waals surface area contributed by atoms with Crippen molar-refractivity contribution in [2.75, 3.05) is 25.0 Å². The maximum absolute atomic E-state index is 12.6. The molecule has 1 fully saturated rings. The predicted molar refractivity (Wildman–Crippen MR) is 103 cm³/mol. The van der Waals surface area contributed by atoms with Crippen LogP contribution in [0.15, 0.2) is 48.5 Å². The molecule has 2 N–H and O–H groups in total. The van der Waals surface area contributed by atoms with E-state index >= 15 is 0 Å². The van der Waals surface area contributed by atoms with E-state index in [9.17, 15) is 9.59 Å². The lowest BCUT2D eigenvalue weighted by Crippen LogP contribution is -2.63. The summed E-state index contributed by atoms with van der Waals surface area (Å²) in [5.41, 5.74) is 2.04. The van der Waals surface area contributed by atoms with Gasteiger partial charge in [-0.15, -0.1) is 0 Å². The molecule has 2 aromatic rings. The number of carbonyl (C=O) groups is 2. The summed E-state index contributed by atoms with van der Waals surface area (Å²) < 4.78 is 5.56. The van der Waals surface area contributed by atoms with Crippen molar-refractivity contribution in [3.8, 4) is 5.75 Å². The van der Waals surface area contributed by atoms with Crippen LogP contribution in [0.1, 0.15) is 28.8 Å². The third-order valence-electron chi connectivity index (χ3n) is 5.30. The Bertz CT molecular complexity index is 858. The molecule has 27 heavy (non-hydrogen) atoms. The lowest BCUT2D eigenvalue weighted by molar-refractivity contribution is -0.134. The number of aryl methyl sites for hydroxylation is 1. The molecule has 2 aromatic carbocycles. The monoisotopic (exact) mass is 365 g/mol. The first kappa shape index (κ1) is 17.4. The highest BCUT2D eigenvalue weighted by molar-refractivity contribution is 6.03. The molecule has 0 bridgehead atoms. The average Bonchev–Trinajstić information content (AvgIpc) is 2.67. The van der Waals surface area contributed by atoms with Gasteiger partial charge < -0.3 is 20.3 Å². The van der Waals surface area contributed by atoms with Crippen molar-refractivity contribution in [3.05, 3.63) is 59.7 Å². The molecule has 0 aromatic heterocycles. The van der Waals surface area contributed by atoms with Crippen LogP contribution in [0.3, 0.4) is 0 Å². The van der Waals surface area contributed by atoms with Crippen molar-refractivity contribution in [2.24, 2.45) is 0 Å². The van der Waals surface area contributed by atoms with Gasteiger partial charge in [0.1, 0.15) is 11.4 Å². The summed E-state index contributed by atoms with van der Waals surface area (Å²) >= 11 is 0. The smallest absolute Gasteiger partial charge is 0.260 e. The number of rotatable bonds is 3. The van der Waals surface area contributed by atoms with Crippen molar-refractivity contribution >= 4 is 17.5 Å². The summed E-state index contributed by atoms with van der Waals surface area (Å²) in [5.74, 6) is 0.605. The Morgan fingerprint density at radius 3 is 2.56 bits per heavy atom. The summed E-state index contributed by atoms with van der Waals surface area (Å²) in [6, 6.07) is 15.2. The van der Waals surface area contributed by atoms with Crippen LogP contribution in [0, 0.1) is 6.92 Å². The summed E-state index contributed by atoms with van der Waals surface area (Å²) in [5, 5.41) is 6.63. The molecule has 4 rings (SSSR count). The number of hydrogen-bond acceptors (Lipinski definition) is 4. The first-order chi connectivity index (χ1) is 13.1. The lowest BCUT2D eigenvalue weighted by atomic mass is 9.91. The molecule has 0 radical (unpaired) electrons. The molecule has 0 saturated carbocycles. The van der Waals surface area contributed by atoms with Crippen LogP contribution < -0.4 is 15.4 Å². The van der Waals surface area contributed by atoms with E-state index in [-0.39, 0.29) is 18.4 Å². The molecule has 2 aliphatic heterocycles. The van der Waals surface area contributed by atoms with Crippen molar-refractivity contribution in [3.63, 3.8) is 0 Å². The van der Waals surface area contributed by atoms with Crippen LogP contribution in [-0.4, -0.2) is 42.1 Å². The number of ether oxygens (including phenoxy) is 1. The third kappa shape index (κ3) is 3.47. The number of hydrogen-bond donors (Lipinski definition) is 2. The summed E-state index contributed by atoms with van der Waals surface area (Å²) in [7, 11) is 0. The molecule has 0 unspecified atom stereocenters. The van der Waals surface area contributed by atoms with Gasteiger partial charge in [0.25, 0.3) is 11.8 Å². The maximum atomic E-state index is 12.6. The van der Waals surface area contributed by atoms with Crippen molar-refractivity contribution < 1.29 is 14.3 Å². The zero-order valence-electron chi connectivity index (χ0n) is 15.3. The number of para-hydroxylation sites is 1. The molecule has 140 valence electrons. The number of benzene rings is 2. The Hall–Kier alpha value is -3.02. The lowest BCUT2D eigenvalue weighted by Gasteiger charge is -2.46. The number of piperidine rings is 1. The van der Waals surface area contributed by atoms with E-state index in [4.69, 9.17) is 4.74 Å². The molecule has 2 heterocycles. The molecule has 2 aliphatic rings. The molecule has 0 aliphatic carbocycles. The van der Waals surface area contributed by atoms with Crippen molar-refractivity contribution in [2.45, 2.75) is 25.4 Å². The molecule has 2 amide bonds. The van der Waals surface area contributed by atoms with Crippen LogP contribution in [0.4, 0.5) is 5.69 Å². The highest BCUT2D eigenvalue weighted by atomic mass is 16.5. The van der Waals surface area contributed by atoms with Crippen LogP contribution in [0.2, 0.25) is 0 Å². The van der Waals surface area contributed by atoms with Gasteiger partial charge in [0.15, 0.2) is 6.61 Å². The Morgan fingerprint density at radius 2 is 1.81 bits per heavy atom. The van der Waals surface area contributed by atoms with E-state index in [0.29, 0.717) is 37.2 Å². The van der Waals surface area contributed by atoms with E-state index < -0.39 is 5.66 Å². The van der Waals surface area contributed by atoms with Gasteiger partial charge in [-0.2, -0.15) is 0 Å². The van der Waals surface area contributed by atoms with Gasteiger partial charge in [-0.25, -0.2) is 0 Å². The maximum Gasteiger partial charge on any atom is 0.260 e. The van der Waals surface area contributed by atoms with E-state index in [1.54, 1.807) is 4.90 Å². The predicted octanol–water partition coefficient (Wildman–Crippen LogP) is 2.55. The Labute approximate surface area is 158 Å². The normalized spacial score (nSPS) is 17.7. The average molecular weight is 365 g/mol. The molecule has 6 nitrogen and oxygen atoms in total. The van der Waals surface area contributed by atoms with Crippen molar-refractivity contribution in [1.82, 2.24) is 10.2 Å². The fourth-order valence-corrected chi connectivity index (χ4v) is 3.78. The first-order valence-corrected chi connectivity index (χ1v) is 9.22. The van der Waals surface area contributed by atoms with Crippen molar-refractivity contribution in [1.29, 1.82) is 0 Å². The minimum absolute atomic E-state index is 0.0266. The number of carbonyl (C=O) groups excluding carboxylic acids is 2. The van der Waals surface area contributed by atoms with Crippen LogP contribution in [0.25, 0.3) is 0 Å². The highest BCUT2D eigenvalue weighted by Gasteiger charge is 2.41. The topological polar surface area (TPSA) is 70.7 Å². The molecule has 1 spiro atoms. The highest BCUT2D eigenvalue weighted by Crippen LogP contribution is 2.32.